The Morgan fingerprint density at radius 3 is 2.75 bits per heavy atom. The van der Waals surface area contributed by atoms with Gasteiger partial charge in [0.25, 0.3) is 0 Å². The standard InChI is InChI=1S/C15H10F2O3/c16-15(17)20-12-6-5-9(7-8-18)13-10-3-1-2-4-11(10)19-14(12)13/h1-6,8,15H,7H2. The largest absolute Gasteiger partial charge is 0.452 e. The Morgan fingerprint density at radius 1 is 1.20 bits per heavy atom. The first-order chi connectivity index (χ1) is 9.70. The number of halogens is 2. The zero-order chi connectivity index (χ0) is 14.1. The van der Waals surface area contributed by atoms with Crippen LogP contribution in [0.2, 0.25) is 0 Å². The number of furan rings is 1. The lowest BCUT2D eigenvalue weighted by molar-refractivity contribution is -0.107. The monoisotopic (exact) mass is 276 g/mol. The van der Waals surface area contributed by atoms with E-state index < -0.39 is 6.61 Å². The SMILES string of the molecule is O=CCc1ccc(OC(F)F)c2oc3ccccc3c12. The van der Waals surface area contributed by atoms with Crippen molar-refractivity contribution >= 4 is 28.2 Å². The highest BCUT2D eigenvalue weighted by atomic mass is 19.3. The molecule has 3 nitrogen and oxygen atoms in total. The summed E-state index contributed by atoms with van der Waals surface area (Å²) in [6.45, 7) is -2.93. The lowest BCUT2D eigenvalue weighted by Gasteiger charge is -2.06. The minimum absolute atomic E-state index is 0.0270. The van der Waals surface area contributed by atoms with Gasteiger partial charge in [0.1, 0.15) is 11.9 Å². The van der Waals surface area contributed by atoms with Gasteiger partial charge < -0.3 is 13.9 Å². The van der Waals surface area contributed by atoms with Gasteiger partial charge in [0.05, 0.1) is 0 Å². The molecule has 0 aliphatic rings. The normalized spacial score (nSPS) is 11.3. The average molecular weight is 276 g/mol. The number of fused-ring (bicyclic) bond motifs is 3. The zero-order valence-electron chi connectivity index (χ0n) is 10.3. The summed E-state index contributed by atoms with van der Waals surface area (Å²) in [7, 11) is 0. The van der Waals surface area contributed by atoms with Crippen LogP contribution in [0.5, 0.6) is 5.75 Å². The predicted molar refractivity (Wildman–Crippen MR) is 70.1 cm³/mol. The third kappa shape index (κ3) is 2.01. The molecule has 3 aromatic rings. The van der Waals surface area contributed by atoms with Gasteiger partial charge in [-0.05, 0) is 17.7 Å². The van der Waals surface area contributed by atoms with E-state index >= 15 is 0 Å². The van der Waals surface area contributed by atoms with Crippen LogP contribution in [0.4, 0.5) is 8.78 Å². The van der Waals surface area contributed by atoms with Crippen molar-refractivity contribution in [3.63, 3.8) is 0 Å². The maximum absolute atomic E-state index is 12.4. The number of carbonyl (C=O) groups is 1. The number of alkyl halides is 2. The third-order valence-corrected chi connectivity index (χ3v) is 3.10. The molecule has 1 aromatic heterocycles. The van der Waals surface area contributed by atoms with Crippen molar-refractivity contribution in [3.8, 4) is 5.75 Å². The zero-order valence-corrected chi connectivity index (χ0v) is 10.3. The second-order valence-corrected chi connectivity index (χ2v) is 4.27. The molecule has 0 saturated heterocycles. The number of hydrogen-bond acceptors (Lipinski definition) is 3. The summed E-state index contributed by atoms with van der Waals surface area (Å²) in [6, 6.07) is 10.2. The molecule has 0 amide bonds. The van der Waals surface area contributed by atoms with Crippen LogP contribution in [0.15, 0.2) is 40.8 Å². The summed E-state index contributed by atoms with van der Waals surface area (Å²) < 4.78 is 34.9. The smallest absolute Gasteiger partial charge is 0.387 e. The van der Waals surface area contributed by atoms with Gasteiger partial charge in [0.2, 0.25) is 0 Å². The second kappa shape index (κ2) is 4.92. The van der Waals surface area contributed by atoms with Crippen molar-refractivity contribution in [3.05, 3.63) is 42.0 Å². The van der Waals surface area contributed by atoms with Crippen LogP contribution in [-0.4, -0.2) is 12.9 Å². The number of ether oxygens (including phenoxy) is 1. The van der Waals surface area contributed by atoms with Gasteiger partial charge in [0, 0.05) is 17.2 Å². The van der Waals surface area contributed by atoms with Gasteiger partial charge in [-0.1, -0.05) is 24.3 Å². The summed E-state index contributed by atoms with van der Waals surface area (Å²) >= 11 is 0. The van der Waals surface area contributed by atoms with Crippen molar-refractivity contribution in [1.82, 2.24) is 0 Å². The molecule has 102 valence electrons. The van der Waals surface area contributed by atoms with Crippen LogP contribution in [-0.2, 0) is 11.2 Å². The topological polar surface area (TPSA) is 39.4 Å². The van der Waals surface area contributed by atoms with Gasteiger partial charge in [-0.3, -0.25) is 0 Å². The molecule has 0 N–H and O–H groups in total. The highest BCUT2D eigenvalue weighted by molar-refractivity contribution is 6.09. The number of para-hydroxylation sites is 1. The summed E-state index contributed by atoms with van der Waals surface area (Å²) in [5.41, 5.74) is 1.53. The van der Waals surface area contributed by atoms with Gasteiger partial charge in [-0.25, -0.2) is 0 Å². The average Bonchev–Trinajstić information content (AvgIpc) is 2.81. The molecule has 0 unspecified atom stereocenters. The van der Waals surface area contributed by atoms with Crippen molar-refractivity contribution in [2.45, 2.75) is 13.0 Å². The van der Waals surface area contributed by atoms with Crippen molar-refractivity contribution in [2.24, 2.45) is 0 Å². The fraction of sp³-hybridized carbons (Fsp3) is 0.133. The summed E-state index contributed by atoms with van der Waals surface area (Å²) in [4.78, 5) is 10.8. The maximum atomic E-state index is 12.4. The minimum Gasteiger partial charge on any atom is -0.452 e. The quantitative estimate of drug-likeness (QED) is 0.678. The fourth-order valence-electron chi connectivity index (χ4n) is 2.32. The number of rotatable bonds is 4. The van der Waals surface area contributed by atoms with Crippen LogP contribution in [0.25, 0.3) is 21.9 Å². The Kier molecular flexibility index (Phi) is 3.10. The van der Waals surface area contributed by atoms with Gasteiger partial charge >= 0.3 is 6.61 Å². The van der Waals surface area contributed by atoms with E-state index in [1.165, 1.54) is 6.07 Å². The van der Waals surface area contributed by atoms with Crippen molar-refractivity contribution in [2.75, 3.05) is 0 Å². The first kappa shape index (κ1) is 12.6. The molecule has 5 heteroatoms. The second-order valence-electron chi connectivity index (χ2n) is 4.27. The molecule has 0 bridgehead atoms. The molecule has 2 aromatic carbocycles. The first-order valence-corrected chi connectivity index (χ1v) is 6.02. The van der Waals surface area contributed by atoms with Crippen molar-refractivity contribution < 1.29 is 22.7 Å². The Balaban J connectivity index is 2.35. The van der Waals surface area contributed by atoms with Gasteiger partial charge in [-0.2, -0.15) is 8.78 Å². The molecule has 20 heavy (non-hydrogen) atoms. The van der Waals surface area contributed by atoms with E-state index in [2.05, 4.69) is 4.74 Å². The molecule has 1 heterocycles. The molecule has 0 radical (unpaired) electrons. The highest BCUT2D eigenvalue weighted by Gasteiger charge is 2.17. The fourth-order valence-corrected chi connectivity index (χ4v) is 2.32. The summed E-state index contributed by atoms with van der Waals surface area (Å²) in [5.74, 6) is -0.0270. The van der Waals surface area contributed by atoms with E-state index in [1.807, 2.05) is 12.1 Å². The number of carbonyl (C=O) groups excluding carboxylic acids is 1. The molecule has 0 atom stereocenters. The van der Waals surface area contributed by atoms with Crippen LogP contribution >= 0.6 is 0 Å². The molecular weight excluding hydrogens is 266 g/mol. The van der Waals surface area contributed by atoms with Gasteiger partial charge in [-0.15, -0.1) is 0 Å². The number of benzene rings is 2. The molecule has 3 rings (SSSR count). The highest BCUT2D eigenvalue weighted by Crippen LogP contribution is 2.37. The maximum Gasteiger partial charge on any atom is 0.387 e. The number of hydrogen-bond donors (Lipinski definition) is 0. The lowest BCUT2D eigenvalue weighted by Crippen LogP contribution is -2.02. The molecule has 0 spiro atoms. The summed E-state index contributed by atoms with van der Waals surface area (Å²) in [6.07, 6.45) is 0.958. The van der Waals surface area contributed by atoms with Gasteiger partial charge in [0.15, 0.2) is 11.3 Å². The van der Waals surface area contributed by atoms with E-state index in [0.717, 1.165) is 17.2 Å². The van der Waals surface area contributed by atoms with Crippen LogP contribution in [0.1, 0.15) is 5.56 Å². The Labute approximate surface area is 112 Å². The Morgan fingerprint density at radius 2 is 2.00 bits per heavy atom. The van der Waals surface area contributed by atoms with Crippen LogP contribution in [0, 0.1) is 0 Å². The first-order valence-electron chi connectivity index (χ1n) is 6.02. The van der Waals surface area contributed by atoms with Crippen LogP contribution < -0.4 is 4.74 Å². The third-order valence-electron chi connectivity index (χ3n) is 3.10. The van der Waals surface area contributed by atoms with E-state index in [9.17, 15) is 13.6 Å². The molecular formula is C15H10F2O3. The minimum atomic E-state index is -2.93. The molecule has 0 aliphatic carbocycles. The predicted octanol–water partition coefficient (Wildman–Crippen LogP) is 3.93. The van der Waals surface area contributed by atoms with Crippen LogP contribution in [0.3, 0.4) is 0 Å². The summed E-state index contributed by atoms with van der Waals surface area (Å²) in [5, 5.41) is 1.42. The van der Waals surface area contributed by atoms with E-state index in [1.54, 1.807) is 18.2 Å². The number of aldehydes is 1. The molecule has 0 aliphatic heterocycles. The lowest BCUT2D eigenvalue weighted by atomic mass is 10.0. The molecule has 0 fully saturated rings. The Hall–Kier alpha value is -2.43. The Bertz CT molecular complexity index is 777. The van der Waals surface area contributed by atoms with E-state index in [0.29, 0.717) is 11.0 Å². The van der Waals surface area contributed by atoms with Crippen molar-refractivity contribution in [1.29, 1.82) is 0 Å². The molecule has 0 saturated carbocycles. The van der Waals surface area contributed by atoms with E-state index in [4.69, 9.17) is 4.42 Å². The van der Waals surface area contributed by atoms with E-state index in [-0.39, 0.29) is 17.8 Å².